The molecule has 1 saturated heterocycles. The van der Waals surface area contributed by atoms with E-state index >= 15 is 0 Å². The van der Waals surface area contributed by atoms with Gasteiger partial charge < -0.3 is 10.2 Å². The number of rotatable bonds is 3. The van der Waals surface area contributed by atoms with Gasteiger partial charge in [-0.15, -0.1) is 5.10 Å². The number of hydrogen-bond acceptors (Lipinski definition) is 4. The molecule has 2 aromatic rings. The number of hydrogen-bond donors (Lipinski definition) is 1. The Balaban J connectivity index is 1.75. The Morgan fingerprint density at radius 1 is 1.40 bits per heavy atom. The molecule has 1 fully saturated rings. The molecule has 0 aliphatic carbocycles. The maximum atomic E-state index is 12.2. The van der Waals surface area contributed by atoms with E-state index in [0.717, 1.165) is 37.1 Å². The predicted octanol–water partition coefficient (Wildman–Crippen LogP) is 1.46. The number of anilines is 1. The number of amides is 1. The number of nitrogens with zero attached hydrogens (tertiary/aromatic N) is 4. The normalized spacial score (nSPS) is 16.6. The molecule has 1 aliphatic rings. The first-order chi connectivity index (χ1) is 9.65. The lowest BCUT2D eigenvalue weighted by Crippen LogP contribution is -2.39. The number of aryl methyl sites for hydroxylation is 1. The summed E-state index contributed by atoms with van der Waals surface area (Å²) in [6.07, 6.45) is 4.06. The molecule has 3 heterocycles. The van der Waals surface area contributed by atoms with Gasteiger partial charge in [0.2, 0.25) is 11.9 Å². The molecule has 1 atom stereocenters. The minimum Gasteiger partial charge on any atom is -0.341 e. The molecule has 0 radical (unpaired) electrons. The van der Waals surface area contributed by atoms with Crippen LogP contribution >= 0.6 is 0 Å². The number of aromatic nitrogens is 3. The predicted molar refractivity (Wildman–Crippen MR) is 76.6 cm³/mol. The molecular formula is C14H19N5O. The number of carbonyl (C=O) groups is 1. The molecule has 6 heteroatoms. The minimum absolute atomic E-state index is 0.123. The third-order valence-electron chi connectivity index (χ3n) is 3.69. The van der Waals surface area contributed by atoms with Crippen molar-refractivity contribution in [1.82, 2.24) is 19.5 Å². The van der Waals surface area contributed by atoms with Gasteiger partial charge in [0.05, 0.1) is 0 Å². The molecule has 6 nitrogen and oxygen atoms in total. The number of fused-ring (bicyclic) bond motifs is 1. The average Bonchev–Trinajstić information content (AvgIpc) is 3.06. The molecule has 1 N–H and O–H groups in total. The van der Waals surface area contributed by atoms with Crippen molar-refractivity contribution in [3.8, 4) is 0 Å². The van der Waals surface area contributed by atoms with Gasteiger partial charge in [0.15, 0.2) is 5.65 Å². The summed E-state index contributed by atoms with van der Waals surface area (Å²) in [6.45, 7) is 5.58. The van der Waals surface area contributed by atoms with Crippen molar-refractivity contribution < 1.29 is 4.79 Å². The van der Waals surface area contributed by atoms with E-state index in [0.29, 0.717) is 5.95 Å². The molecule has 0 spiro atoms. The fraction of sp³-hybridized carbons (Fsp3) is 0.500. The lowest BCUT2D eigenvalue weighted by molar-refractivity contribution is -0.130. The number of pyridine rings is 1. The molecular weight excluding hydrogens is 254 g/mol. The van der Waals surface area contributed by atoms with Crippen LogP contribution in [0, 0.1) is 6.92 Å². The Hall–Kier alpha value is -2.11. The van der Waals surface area contributed by atoms with Gasteiger partial charge in [-0.25, -0.2) is 4.52 Å². The van der Waals surface area contributed by atoms with Crippen LogP contribution in [-0.2, 0) is 4.79 Å². The SMILES string of the molecule is Cc1cccn2nc(NC(C)C(=O)N3CCCC3)nc12. The molecule has 0 saturated carbocycles. The van der Waals surface area contributed by atoms with Crippen LogP contribution in [0.2, 0.25) is 0 Å². The zero-order valence-corrected chi connectivity index (χ0v) is 11.8. The second-order valence-corrected chi connectivity index (χ2v) is 5.29. The molecule has 1 amide bonds. The van der Waals surface area contributed by atoms with E-state index in [1.54, 1.807) is 4.52 Å². The first kappa shape index (κ1) is 12.9. The summed E-state index contributed by atoms with van der Waals surface area (Å²) in [6, 6.07) is 3.62. The third kappa shape index (κ3) is 2.33. The van der Waals surface area contributed by atoms with Crippen LogP contribution in [0.3, 0.4) is 0 Å². The largest absolute Gasteiger partial charge is 0.341 e. The zero-order valence-electron chi connectivity index (χ0n) is 11.8. The molecule has 1 aliphatic heterocycles. The van der Waals surface area contributed by atoms with E-state index in [1.165, 1.54) is 0 Å². The topological polar surface area (TPSA) is 62.5 Å². The van der Waals surface area contributed by atoms with Crippen molar-refractivity contribution in [1.29, 1.82) is 0 Å². The first-order valence-electron chi connectivity index (χ1n) is 7.02. The van der Waals surface area contributed by atoms with Crippen LogP contribution in [0.15, 0.2) is 18.3 Å². The Kier molecular flexibility index (Phi) is 3.30. The molecule has 0 bridgehead atoms. The second kappa shape index (κ2) is 5.11. The lowest BCUT2D eigenvalue weighted by Gasteiger charge is -2.20. The highest BCUT2D eigenvalue weighted by Crippen LogP contribution is 2.13. The van der Waals surface area contributed by atoms with Gasteiger partial charge in [0.25, 0.3) is 0 Å². The van der Waals surface area contributed by atoms with Crippen molar-refractivity contribution in [2.75, 3.05) is 18.4 Å². The summed E-state index contributed by atoms with van der Waals surface area (Å²) in [7, 11) is 0. The second-order valence-electron chi connectivity index (χ2n) is 5.29. The van der Waals surface area contributed by atoms with Gasteiger partial charge in [-0.05, 0) is 38.3 Å². The first-order valence-corrected chi connectivity index (χ1v) is 7.02. The number of likely N-dealkylation sites (tertiary alicyclic amines) is 1. The van der Waals surface area contributed by atoms with Crippen molar-refractivity contribution in [3.63, 3.8) is 0 Å². The molecule has 106 valence electrons. The third-order valence-corrected chi connectivity index (χ3v) is 3.69. The zero-order chi connectivity index (χ0) is 14.1. The fourth-order valence-corrected chi connectivity index (χ4v) is 2.57. The van der Waals surface area contributed by atoms with Gasteiger partial charge in [-0.1, -0.05) is 6.07 Å². The number of nitrogens with one attached hydrogen (secondary N) is 1. The maximum absolute atomic E-state index is 12.2. The molecule has 3 rings (SSSR count). The van der Waals surface area contributed by atoms with Crippen molar-refractivity contribution in [2.24, 2.45) is 0 Å². The molecule has 0 aromatic carbocycles. The van der Waals surface area contributed by atoms with Gasteiger partial charge in [0, 0.05) is 19.3 Å². The van der Waals surface area contributed by atoms with Crippen molar-refractivity contribution in [2.45, 2.75) is 32.7 Å². The van der Waals surface area contributed by atoms with Crippen LogP contribution in [0.25, 0.3) is 5.65 Å². The average molecular weight is 273 g/mol. The smallest absolute Gasteiger partial charge is 0.244 e. The molecule has 20 heavy (non-hydrogen) atoms. The van der Waals surface area contributed by atoms with Crippen molar-refractivity contribution in [3.05, 3.63) is 23.9 Å². The Bertz CT molecular complexity index is 630. The number of carbonyl (C=O) groups excluding carboxylic acids is 1. The van der Waals surface area contributed by atoms with E-state index in [1.807, 2.05) is 37.1 Å². The minimum atomic E-state index is -0.300. The summed E-state index contributed by atoms with van der Waals surface area (Å²) in [5.74, 6) is 0.623. The maximum Gasteiger partial charge on any atom is 0.244 e. The Morgan fingerprint density at radius 2 is 2.15 bits per heavy atom. The highest BCUT2D eigenvalue weighted by Gasteiger charge is 2.23. The Morgan fingerprint density at radius 3 is 2.85 bits per heavy atom. The summed E-state index contributed by atoms with van der Waals surface area (Å²) in [5, 5.41) is 7.45. The van der Waals surface area contributed by atoms with Crippen LogP contribution < -0.4 is 5.32 Å². The van der Waals surface area contributed by atoms with Crippen LogP contribution in [0.4, 0.5) is 5.95 Å². The molecule has 1 unspecified atom stereocenters. The standard InChI is InChI=1S/C14H19N5O/c1-10-6-5-9-19-12(10)16-14(17-19)15-11(2)13(20)18-7-3-4-8-18/h5-6,9,11H,3-4,7-8H2,1-2H3,(H,15,17). The quantitative estimate of drug-likeness (QED) is 0.919. The monoisotopic (exact) mass is 273 g/mol. The summed E-state index contributed by atoms with van der Waals surface area (Å²) >= 11 is 0. The molecule has 2 aromatic heterocycles. The summed E-state index contributed by atoms with van der Waals surface area (Å²) < 4.78 is 1.73. The fourth-order valence-electron chi connectivity index (χ4n) is 2.57. The van der Waals surface area contributed by atoms with E-state index in [2.05, 4.69) is 15.4 Å². The van der Waals surface area contributed by atoms with Crippen LogP contribution in [0.5, 0.6) is 0 Å². The van der Waals surface area contributed by atoms with Crippen LogP contribution in [0.1, 0.15) is 25.3 Å². The van der Waals surface area contributed by atoms with Gasteiger partial charge >= 0.3 is 0 Å². The van der Waals surface area contributed by atoms with E-state index in [-0.39, 0.29) is 11.9 Å². The van der Waals surface area contributed by atoms with Crippen molar-refractivity contribution >= 4 is 17.5 Å². The highest BCUT2D eigenvalue weighted by atomic mass is 16.2. The highest BCUT2D eigenvalue weighted by molar-refractivity contribution is 5.84. The van der Waals surface area contributed by atoms with E-state index in [4.69, 9.17) is 0 Å². The Labute approximate surface area is 117 Å². The summed E-state index contributed by atoms with van der Waals surface area (Å²) in [4.78, 5) is 18.6. The summed E-state index contributed by atoms with van der Waals surface area (Å²) in [5.41, 5.74) is 1.88. The van der Waals surface area contributed by atoms with E-state index in [9.17, 15) is 4.79 Å². The van der Waals surface area contributed by atoms with Gasteiger partial charge in [-0.2, -0.15) is 4.98 Å². The van der Waals surface area contributed by atoms with Crippen LogP contribution in [-0.4, -0.2) is 44.5 Å². The van der Waals surface area contributed by atoms with E-state index < -0.39 is 0 Å². The van der Waals surface area contributed by atoms with Gasteiger partial charge in [0.1, 0.15) is 6.04 Å². The van der Waals surface area contributed by atoms with Gasteiger partial charge in [-0.3, -0.25) is 4.79 Å². The lowest BCUT2D eigenvalue weighted by atomic mass is 10.3.